The second-order valence-corrected chi connectivity index (χ2v) is 11.0. The van der Waals surface area contributed by atoms with E-state index in [4.69, 9.17) is 9.68 Å². The maximum Gasteiger partial charge on any atom is 0.331 e. The van der Waals surface area contributed by atoms with Crippen LogP contribution < -0.4 is 0 Å². The van der Waals surface area contributed by atoms with Gasteiger partial charge in [0, 0.05) is 72.2 Å². The maximum atomic E-state index is 13.6. The number of aromatic nitrogens is 1. The van der Waals surface area contributed by atoms with Crippen LogP contribution in [0.15, 0.2) is 96.2 Å². The smallest absolute Gasteiger partial charge is 0.331 e. The fourth-order valence-corrected chi connectivity index (χ4v) is 5.76. The Morgan fingerprint density at radius 1 is 0.783 bits per heavy atom. The Morgan fingerprint density at radius 3 is 1.98 bits per heavy atom. The van der Waals surface area contributed by atoms with Crippen LogP contribution in [0.5, 0.6) is 0 Å². The van der Waals surface area contributed by atoms with Crippen LogP contribution in [0.4, 0.5) is 0 Å². The molecule has 1 unspecified atom stereocenters. The number of carbonyl (C=O) groups is 4. The number of benzene rings is 4. The Hall–Kier alpha value is -5.57. The number of carbonyl (C=O) groups excluding carboxylic acids is 4. The van der Waals surface area contributed by atoms with Crippen LogP contribution in [0.2, 0.25) is 0 Å². The van der Waals surface area contributed by atoms with Gasteiger partial charge in [-0.25, -0.2) is 4.79 Å². The van der Waals surface area contributed by atoms with Crippen molar-refractivity contribution in [3.63, 3.8) is 0 Å². The van der Waals surface area contributed by atoms with E-state index in [9.17, 15) is 19.2 Å². The molecule has 0 radical (unpaired) electrons. The van der Waals surface area contributed by atoms with Gasteiger partial charge < -0.3 is 14.2 Å². The molecular weight excluding hydrogens is 582 g/mol. The summed E-state index contributed by atoms with van der Waals surface area (Å²) in [6, 6.07) is 27.4. The largest absolute Gasteiger partial charge is 0.341 e. The Bertz CT molecular complexity index is 1990. The molecule has 234 valence electrons. The molecule has 9 heteroatoms. The van der Waals surface area contributed by atoms with Gasteiger partial charge in [0.1, 0.15) is 6.04 Å². The molecule has 0 bridgehead atoms. The van der Waals surface area contributed by atoms with Crippen molar-refractivity contribution < 1.29 is 28.9 Å². The molecule has 0 aliphatic carbocycles. The lowest BCUT2D eigenvalue weighted by Crippen LogP contribution is -2.36. The molecule has 1 amide bonds. The normalized spacial score (nSPS) is 12.2. The number of nitrogens with zero attached hydrogens (tertiary/aromatic N) is 3. The average Bonchev–Trinajstić information content (AvgIpc) is 3.36. The van der Waals surface area contributed by atoms with Crippen molar-refractivity contribution in [1.29, 1.82) is 0 Å². The summed E-state index contributed by atoms with van der Waals surface area (Å²) in [7, 11) is 0. The van der Waals surface area contributed by atoms with E-state index >= 15 is 0 Å². The van der Waals surface area contributed by atoms with Gasteiger partial charge in [-0.05, 0) is 55.3 Å². The Labute approximate surface area is 267 Å². The Morgan fingerprint density at radius 2 is 1.39 bits per heavy atom. The molecule has 0 spiro atoms. The number of ketones is 1. The molecule has 0 saturated carbocycles. The number of hydroxylamine groups is 2. The molecular formula is C37H35N3O6. The van der Waals surface area contributed by atoms with E-state index in [1.165, 1.54) is 20.8 Å². The van der Waals surface area contributed by atoms with E-state index in [-0.39, 0.29) is 12.2 Å². The zero-order chi connectivity index (χ0) is 33.0. The molecule has 1 atom stereocenters. The standard InChI is InChI=1S/C37H35N3O6/c1-6-39-34-18-16-28(20-31(34)32-21-29(17-19-35(32)39)37(44)30-15-11-10-12-23(30)2)33(38-45-25(4)42)22-36(27-13-8-7-9-14-27)40(24(3)41)46-26(5)43/h7-21,36H,6,22H2,1-5H3/b38-33-. The minimum Gasteiger partial charge on any atom is -0.341 e. The van der Waals surface area contributed by atoms with Gasteiger partial charge in [0.15, 0.2) is 5.78 Å². The molecule has 0 N–H and O–H groups in total. The summed E-state index contributed by atoms with van der Waals surface area (Å²) in [6.45, 7) is 8.46. The highest BCUT2D eigenvalue weighted by molar-refractivity contribution is 6.16. The number of aryl methyl sites for hydroxylation is 2. The van der Waals surface area contributed by atoms with E-state index in [0.29, 0.717) is 34.5 Å². The van der Waals surface area contributed by atoms with Crippen LogP contribution in [0.1, 0.15) is 72.8 Å². The lowest BCUT2D eigenvalue weighted by atomic mass is 9.95. The summed E-state index contributed by atoms with van der Waals surface area (Å²) in [4.78, 5) is 60.7. The second kappa shape index (κ2) is 13.6. The van der Waals surface area contributed by atoms with E-state index < -0.39 is 23.9 Å². The molecule has 0 fully saturated rings. The number of amides is 1. The number of fused-ring (bicyclic) bond motifs is 3. The van der Waals surface area contributed by atoms with E-state index in [2.05, 4.69) is 16.6 Å². The van der Waals surface area contributed by atoms with Crippen molar-refractivity contribution in [1.82, 2.24) is 9.63 Å². The van der Waals surface area contributed by atoms with Gasteiger partial charge >= 0.3 is 11.9 Å². The van der Waals surface area contributed by atoms with Gasteiger partial charge in [-0.2, -0.15) is 5.06 Å². The van der Waals surface area contributed by atoms with Crippen LogP contribution in [0, 0.1) is 6.92 Å². The topological polar surface area (TPSA) is 107 Å². The zero-order valence-electron chi connectivity index (χ0n) is 26.4. The highest BCUT2D eigenvalue weighted by Crippen LogP contribution is 2.33. The van der Waals surface area contributed by atoms with Crippen molar-refractivity contribution in [3.8, 4) is 0 Å². The van der Waals surface area contributed by atoms with Crippen molar-refractivity contribution in [2.24, 2.45) is 5.16 Å². The fourth-order valence-electron chi connectivity index (χ4n) is 5.76. The van der Waals surface area contributed by atoms with Gasteiger partial charge in [-0.3, -0.25) is 14.4 Å². The first-order chi connectivity index (χ1) is 22.1. The predicted molar refractivity (Wildman–Crippen MR) is 176 cm³/mol. The van der Waals surface area contributed by atoms with Crippen LogP contribution >= 0.6 is 0 Å². The first-order valence-corrected chi connectivity index (χ1v) is 15.0. The number of oxime groups is 1. The molecule has 1 aromatic heterocycles. The summed E-state index contributed by atoms with van der Waals surface area (Å²) in [6.07, 6.45) is 0.0547. The molecule has 9 nitrogen and oxygen atoms in total. The monoisotopic (exact) mass is 617 g/mol. The van der Waals surface area contributed by atoms with Crippen LogP contribution in [-0.2, 0) is 30.6 Å². The van der Waals surface area contributed by atoms with E-state index in [0.717, 1.165) is 32.4 Å². The second-order valence-electron chi connectivity index (χ2n) is 11.0. The summed E-state index contributed by atoms with van der Waals surface area (Å²) in [5, 5.41) is 7.00. The maximum absolute atomic E-state index is 13.6. The van der Waals surface area contributed by atoms with Crippen molar-refractivity contribution in [2.45, 2.75) is 53.6 Å². The highest BCUT2D eigenvalue weighted by atomic mass is 16.7. The summed E-state index contributed by atoms with van der Waals surface area (Å²) >= 11 is 0. The number of hydrogen-bond acceptors (Lipinski definition) is 7. The molecule has 5 aromatic rings. The average molecular weight is 618 g/mol. The van der Waals surface area contributed by atoms with E-state index in [1.54, 1.807) is 0 Å². The lowest BCUT2D eigenvalue weighted by Gasteiger charge is -2.29. The highest BCUT2D eigenvalue weighted by Gasteiger charge is 2.29. The Kier molecular flexibility index (Phi) is 9.42. The SMILES string of the molecule is CCn1c2ccc(C(=O)c3ccccc3C)cc2c2cc(/C(CC(c3ccccc3)N(OC(C)=O)C(C)=O)=N\OC(C)=O)ccc21. The molecule has 5 rings (SSSR count). The third-order valence-corrected chi connectivity index (χ3v) is 7.84. The number of hydrogen-bond donors (Lipinski definition) is 0. The van der Waals surface area contributed by atoms with Gasteiger partial charge in [0.2, 0.25) is 0 Å². The lowest BCUT2D eigenvalue weighted by molar-refractivity contribution is -0.204. The predicted octanol–water partition coefficient (Wildman–Crippen LogP) is 7.08. The zero-order valence-corrected chi connectivity index (χ0v) is 26.4. The quantitative estimate of drug-likeness (QED) is 0.0757. The molecule has 0 aliphatic rings. The molecule has 0 saturated heterocycles. The summed E-state index contributed by atoms with van der Waals surface area (Å²) in [5.74, 6) is -1.81. The number of rotatable bonds is 9. The van der Waals surface area contributed by atoms with Gasteiger partial charge in [0.25, 0.3) is 5.91 Å². The van der Waals surface area contributed by atoms with Gasteiger partial charge in [-0.1, -0.05) is 65.8 Å². The third-order valence-electron chi connectivity index (χ3n) is 7.84. The fraction of sp³-hybridized carbons (Fsp3) is 0.216. The first kappa shape index (κ1) is 31.8. The van der Waals surface area contributed by atoms with Gasteiger partial charge in [0.05, 0.1) is 5.71 Å². The third kappa shape index (κ3) is 6.58. The van der Waals surface area contributed by atoms with Gasteiger partial charge in [-0.15, -0.1) is 0 Å². The molecule has 46 heavy (non-hydrogen) atoms. The molecule has 1 heterocycles. The van der Waals surface area contributed by atoms with Crippen molar-refractivity contribution >= 4 is 51.1 Å². The minimum absolute atomic E-state index is 0.0547. The molecule has 0 aliphatic heterocycles. The minimum atomic E-state index is -0.775. The van der Waals surface area contributed by atoms with E-state index in [1.807, 2.05) is 97.9 Å². The summed E-state index contributed by atoms with van der Waals surface area (Å²) < 4.78 is 2.17. The summed E-state index contributed by atoms with van der Waals surface area (Å²) in [5.41, 5.74) is 5.72. The molecule has 4 aromatic carbocycles. The van der Waals surface area contributed by atoms with Crippen LogP contribution in [0.3, 0.4) is 0 Å². The van der Waals surface area contributed by atoms with Crippen molar-refractivity contribution in [3.05, 3.63) is 119 Å². The van der Waals surface area contributed by atoms with Crippen LogP contribution in [0.25, 0.3) is 21.8 Å². The van der Waals surface area contributed by atoms with Crippen molar-refractivity contribution in [2.75, 3.05) is 0 Å². The first-order valence-electron chi connectivity index (χ1n) is 15.0. The Balaban J connectivity index is 1.66. The van der Waals surface area contributed by atoms with Crippen LogP contribution in [-0.4, -0.2) is 39.0 Å².